The molecular weight excluding hydrogens is 332 g/mol. The Balaban J connectivity index is 2.05. The van der Waals surface area contributed by atoms with Gasteiger partial charge in [-0.3, -0.25) is 0 Å². The van der Waals surface area contributed by atoms with Crippen LogP contribution >= 0.6 is 0 Å². The van der Waals surface area contributed by atoms with E-state index in [4.69, 9.17) is 9.47 Å². The molecule has 1 aliphatic heterocycles. The zero-order chi connectivity index (χ0) is 18.8. The molecule has 0 fully saturated rings. The van der Waals surface area contributed by atoms with E-state index in [2.05, 4.69) is 6.08 Å². The van der Waals surface area contributed by atoms with E-state index in [1.165, 1.54) is 17.7 Å². The van der Waals surface area contributed by atoms with Gasteiger partial charge in [0.05, 0.1) is 7.11 Å². The fourth-order valence-electron chi connectivity index (χ4n) is 3.27. The van der Waals surface area contributed by atoms with Crippen LogP contribution in [0.5, 0.6) is 28.7 Å². The minimum Gasteiger partial charge on any atom is -0.508 e. The molecule has 138 valence electrons. The summed E-state index contributed by atoms with van der Waals surface area (Å²) in [4.78, 5) is 0. The maximum Gasteiger partial charge on any atom is 0.134 e. The van der Waals surface area contributed by atoms with Gasteiger partial charge in [-0.2, -0.15) is 0 Å². The molecule has 3 rings (SSSR count). The molecule has 1 heterocycles. The van der Waals surface area contributed by atoms with Crippen LogP contribution in [-0.2, 0) is 12.8 Å². The molecule has 0 aromatic heterocycles. The van der Waals surface area contributed by atoms with E-state index >= 15 is 0 Å². The standard InChI is InChI=1S/C21H24O5/c1-12(2)4-6-16-20(25-3)11-18(24)15-8-9-19(26-21(15)16)14-7-5-13(22)10-17(14)23/h4-5,7,10-11,19,22-24H,6,8-9H2,1-3H3. The normalized spacial score (nSPS) is 15.7. The largest absolute Gasteiger partial charge is 0.508 e. The number of hydrogen-bond acceptors (Lipinski definition) is 5. The highest BCUT2D eigenvalue weighted by atomic mass is 16.5. The third kappa shape index (κ3) is 3.43. The first kappa shape index (κ1) is 18.0. The van der Waals surface area contributed by atoms with Crippen molar-refractivity contribution >= 4 is 0 Å². The number of fused-ring (bicyclic) bond motifs is 1. The Hall–Kier alpha value is -2.82. The van der Waals surface area contributed by atoms with Crippen LogP contribution in [0.25, 0.3) is 0 Å². The lowest BCUT2D eigenvalue weighted by atomic mass is 9.93. The highest BCUT2D eigenvalue weighted by molar-refractivity contribution is 5.59. The minimum atomic E-state index is -0.361. The molecule has 0 amide bonds. The molecule has 1 aliphatic rings. The van der Waals surface area contributed by atoms with Gasteiger partial charge in [-0.15, -0.1) is 0 Å². The third-order valence-electron chi connectivity index (χ3n) is 4.63. The van der Waals surface area contributed by atoms with Crippen LogP contribution in [0.3, 0.4) is 0 Å². The number of allylic oxidation sites excluding steroid dienone is 2. The zero-order valence-corrected chi connectivity index (χ0v) is 15.2. The first-order valence-electron chi connectivity index (χ1n) is 8.64. The van der Waals surface area contributed by atoms with E-state index in [0.717, 1.165) is 11.1 Å². The smallest absolute Gasteiger partial charge is 0.134 e. The summed E-state index contributed by atoms with van der Waals surface area (Å²) < 4.78 is 11.7. The zero-order valence-electron chi connectivity index (χ0n) is 15.2. The van der Waals surface area contributed by atoms with Gasteiger partial charge in [-0.05, 0) is 45.2 Å². The molecule has 0 spiro atoms. The lowest BCUT2D eigenvalue weighted by Gasteiger charge is -2.30. The second-order valence-corrected chi connectivity index (χ2v) is 6.76. The van der Waals surface area contributed by atoms with E-state index in [9.17, 15) is 15.3 Å². The molecule has 0 saturated carbocycles. The summed E-state index contributed by atoms with van der Waals surface area (Å²) >= 11 is 0. The molecule has 2 aromatic rings. The van der Waals surface area contributed by atoms with Gasteiger partial charge in [0.25, 0.3) is 0 Å². The highest BCUT2D eigenvalue weighted by Crippen LogP contribution is 2.47. The fourth-order valence-corrected chi connectivity index (χ4v) is 3.27. The minimum absolute atomic E-state index is 0.00332. The van der Waals surface area contributed by atoms with Crippen molar-refractivity contribution in [2.75, 3.05) is 7.11 Å². The number of rotatable bonds is 4. The van der Waals surface area contributed by atoms with Gasteiger partial charge in [-0.25, -0.2) is 0 Å². The van der Waals surface area contributed by atoms with Crippen molar-refractivity contribution in [3.8, 4) is 28.7 Å². The quantitative estimate of drug-likeness (QED) is 0.708. The molecule has 0 radical (unpaired) electrons. The van der Waals surface area contributed by atoms with Crippen LogP contribution in [0.4, 0.5) is 0 Å². The van der Waals surface area contributed by atoms with Crippen molar-refractivity contribution in [1.29, 1.82) is 0 Å². The van der Waals surface area contributed by atoms with Gasteiger partial charge in [0.1, 0.15) is 34.9 Å². The molecule has 0 bridgehead atoms. The lowest BCUT2D eigenvalue weighted by Crippen LogP contribution is -2.17. The van der Waals surface area contributed by atoms with Crippen molar-refractivity contribution in [3.63, 3.8) is 0 Å². The molecule has 2 aromatic carbocycles. The number of phenolic OH excluding ortho intramolecular Hbond substituents is 3. The fraction of sp³-hybridized carbons (Fsp3) is 0.333. The maximum atomic E-state index is 10.4. The van der Waals surface area contributed by atoms with E-state index in [1.807, 2.05) is 13.8 Å². The molecule has 1 unspecified atom stereocenters. The summed E-state index contributed by atoms with van der Waals surface area (Å²) in [6, 6.07) is 6.13. The second kappa shape index (κ2) is 7.20. The Morgan fingerprint density at radius 3 is 2.62 bits per heavy atom. The summed E-state index contributed by atoms with van der Waals surface area (Å²) in [5.74, 6) is 1.35. The Labute approximate surface area is 153 Å². The summed E-state index contributed by atoms with van der Waals surface area (Å²) in [7, 11) is 1.57. The van der Waals surface area contributed by atoms with Gasteiger partial charge < -0.3 is 24.8 Å². The molecular formula is C21H24O5. The Morgan fingerprint density at radius 1 is 1.19 bits per heavy atom. The van der Waals surface area contributed by atoms with Gasteiger partial charge in [0.2, 0.25) is 0 Å². The SMILES string of the molecule is COc1cc(O)c2c(c1CC=C(C)C)OC(c1ccc(O)cc1O)CC2. The van der Waals surface area contributed by atoms with Gasteiger partial charge >= 0.3 is 0 Å². The summed E-state index contributed by atoms with van der Waals surface area (Å²) in [5.41, 5.74) is 3.43. The van der Waals surface area contributed by atoms with E-state index in [-0.39, 0.29) is 23.4 Å². The summed E-state index contributed by atoms with van der Waals surface area (Å²) in [6.07, 6.45) is 3.59. The van der Waals surface area contributed by atoms with Crippen LogP contribution in [0.1, 0.15) is 43.1 Å². The summed E-state index contributed by atoms with van der Waals surface area (Å²) in [6.45, 7) is 4.05. The second-order valence-electron chi connectivity index (χ2n) is 6.76. The highest BCUT2D eigenvalue weighted by Gasteiger charge is 2.29. The molecule has 0 saturated heterocycles. The van der Waals surface area contributed by atoms with Crippen molar-refractivity contribution < 1.29 is 24.8 Å². The maximum absolute atomic E-state index is 10.4. The Kier molecular flexibility index (Phi) is 4.98. The van der Waals surface area contributed by atoms with Crippen LogP contribution < -0.4 is 9.47 Å². The lowest BCUT2D eigenvalue weighted by molar-refractivity contribution is 0.168. The number of aromatic hydroxyl groups is 3. The van der Waals surface area contributed by atoms with Crippen molar-refractivity contribution in [3.05, 3.63) is 52.6 Å². The van der Waals surface area contributed by atoms with Gasteiger partial charge in [0, 0.05) is 28.8 Å². The monoisotopic (exact) mass is 356 g/mol. The van der Waals surface area contributed by atoms with Gasteiger partial charge in [-0.1, -0.05) is 11.6 Å². The molecule has 26 heavy (non-hydrogen) atoms. The first-order chi connectivity index (χ1) is 12.4. The summed E-state index contributed by atoms with van der Waals surface area (Å²) in [5, 5.41) is 30.0. The molecule has 5 heteroatoms. The van der Waals surface area contributed by atoms with E-state index in [0.29, 0.717) is 36.3 Å². The molecule has 1 atom stereocenters. The van der Waals surface area contributed by atoms with Crippen LogP contribution in [0.2, 0.25) is 0 Å². The van der Waals surface area contributed by atoms with Crippen molar-refractivity contribution in [2.24, 2.45) is 0 Å². The Morgan fingerprint density at radius 2 is 1.96 bits per heavy atom. The average Bonchev–Trinajstić information content (AvgIpc) is 2.60. The topological polar surface area (TPSA) is 79.2 Å². The number of hydrogen-bond donors (Lipinski definition) is 3. The van der Waals surface area contributed by atoms with Crippen molar-refractivity contribution in [1.82, 2.24) is 0 Å². The van der Waals surface area contributed by atoms with Gasteiger partial charge in [0.15, 0.2) is 0 Å². The molecule has 5 nitrogen and oxygen atoms in total. The van der Waals surface area contributed by atoms with Crippen LogP contribution in [0, 0.1) is 0 Å². The molecule has 3 N–H and O–H groups in total. The molecule has 0 aliphatic carbocycles. The first-order valence-corrected chi connectivity index (χ1v) is 8.64. The number of ether oxygens (including phenoxy) is 2. The number of phenols is 3. The Bertz CT molecular complexity index is 850. The predicted molar refractivity (Wildman–Crippen MR) is 99.3 cm³/mol. The third-order valence-corrected chi connectivity index (χ3v) is 4.63. The van der Waals surface area contributed by atoms with E-state index in [1.54, 1.807) is 19.2 Å². The number of methoxy groups -OCH3 is 1. The van der Waals surface area contributed by atoms with E-state index < -0.39 is 0 Å². The predicted octanol–water partition coefficient (Wildman–Crippen LogP) is 4.39. The van der Waals surface area contributed by atoms with Crippen molar-refractivity contribution in [2.45, 2.75) is 39.2 Å². The average molecular weight is 356 g/mol. The number of benzene rings is 2. The van der Waals surface area contributed by atoms with Crippen LogP contribution in [-0.4, -0.2) is 22.4 Å². The van der Waals surface area contributed by atoms with Crippen LogP contribution in [0.15, 0.2) is 35.9 Å².